The van der Waals surface area contributed by atoms with Crippen LogP contribution in [0.15, 0.2) is 12.2 Å². The second-order valence-corrected chi connectivity index (χ2v) is 4.64. The summed E-state index contributed by atoms with van der Waals surface area (Å²) in [5.74, 6) is 0.0172. The lowest BCUT2D eigenvalue weighted by molar-refractivity contribution is -0.146. The summed E-state index contributed by atoms with van der Waals surface area (Å²) in [6, 6.07) is 0. The highest BCUT2D eigenvalue weighted by atomic mass is 16.5. The van der Waals surface area contributed by atoms with Crippen LogP contribution in [0.1, 0.15) is 39.0 Å². The molecule has 4 nitrogen and oxygen atoms in total. The van der Waals surface area contributed by atoms with Crippen molar-refractivity contribution >= 4 is 11.8 Å². The van der Waals surface area contributed by atoms with E-state index in [-0.39, 0.29) is 43.2 Å². The SMILES string of the molecule is CC/C=C/CC1C(=O)CCC1CC(=O)OCCO. The van der Waals surface area contributed by atoms with Crippen LogP contribution in [-0.2, 0) is 14.3 Å². The van der Waals surface area contributed by atoms with Gasteiger partial charge in [0.25, 0.3) is 0 Å². The molecule has 1 aliphatic rings. The van der Waals surface area contributed by atoms with Crippen molar-refractivity contribution in [3.63, 3.8) is 0 Å². The van der Waals surface area contributed by atoms with Crippen LogP contribution in [0.5, 0.6) is 0 Å². The second kappa shape index (κ2) is 8.03. The van der Waals surface area contributed by atoms with E-state index in [4.69, 9.17) is 9.84 Å². The first-order valence-corrected chi connectivity index (χ1v) is 6.63. The van der Waals surface area contributed by atoms with Gasteiger partial charge >= 0.3 is 5.97 Å². The summed E-state index contributed by atoms with van der Waals surface area (Å²) < 4.78 is 4.84. The molecule has 0 aromatic heterocycles. The van der Waals surface area contributed by atoms with E-state index in [1.165, 1.54) is 0 Å². The molecule has 0 radical (unpaired) electrons. The van der Waals surface area contributed by atoms with Crippen molar-refractivity contribution in [2.24, 2.45) is 11.8 Å². The number of hydrogen-bond acceptors (Lipinski definition) is 4. The summed E-state index contributed by atoms with van der Waals surface area (Å²) in [5, 5.41) is 8.57. The van der Waals surface area contributed by atoms with E-state index in [2.05, 4.69) is 6.92 Å². The molecule has 2 unspecified atom stereocenters. The molecule has 1 fully saturated rings. The van der Waals surface area contributed by atoms with Gasteiger partial charge in [0, 0.05) is 18.8 Å². The first-order valence-electron chi connectivity index (χ1n) is 6.63. The normalized spacial score (nSPS) is 23.8. The third-order valence-electron chi connectivity index (χ3n) is 3.32. The topological polar surface area (TPSA) is 63.6 Å². The molecule has 0 aromatic rings. The molecule has 0 amide bonds. The van der Waals surface area contributed by atoms with Crippen molar-refractivity contribution in [1.82, 2.24) is 0 Å². The minimum absolute atomic E-state index is 0.0329. The quantitative estimate of drug-likeness (QED) is 0.556. The number of esters is 1. The van der Waals surface area contributed by atoms with Gasteiger partial charge in [-0.05, 0) is 25.2 Å². The Morgan fingerprint density at radius 2 is 2.28 bits per heavy atom. The monoisotopic (exact) mass is 254 g/mol. The van der Waals surface area contributed by atoms with Crippen LogP contribution in [0, 0.1) is 11.8 Å². The number of aliphatic hydroxyl groups excluding tert-OH is 1. The number of rotatable bonds is 7. The number of ketones is 1. The number of hydrogen-bond donors (Lipinski definition) is 1. The largest absolute Gasteiger partial charge is 0.463 e. The minimum Gasteiger partial charge on any atom is -0.463 e. The fourth-order valence-corrected chi connectivity index (χ4v) is 2.39. The minimum atomic E-state index is -0.312. The zero-order valence-electron chi connectivity index (χ0n) is 10.9. The predicted molar refractivity (Wildman–Crippen MR) is 67.9 cm³/mol. The second-order valence-electron chi connectivity index (χ2n) is 4.64. The Labute approximate surface area is 108 Å². The first kappa shape index (κ1) is 14.9. The van der Waals surface area contributed by atoms with E-state index in [0.29, 0.717) is 6.42 Å². The molecule has 1 aliphatic carbocycles. The highest BCUT2D eigenvalue weighted by molar-refractivity contribution is 5.84. The molecule has 0 aromatic carbocycles. The molecular formula is C14H22O4. The molecule has 1 saturated carbocycles. The summed E-state index contributed by atoms with van der Waals surface area (Å²) in [6.45, 7) is 1.94. The number of carbonyl (C=O) groups is 2. The Hall–Kier alpha value is -1.16. The van der Waals surface area contributed by atoms with Gasteiger partial charge in [-0.3, -0.25) is 9.59 Å². The maximum atomic E-state index is 11.7. The maximum absolute atomic E-state index is 11.7. The van der Waals surface area contributed by atoms with Crippen LogP contribution in [0.4, 0.5) is 0 Å². The van der Waals surface area contributed by atoms with Gasteiger partial charge in [0.15, 0.2) is 0 Å². The molecule has 18 heavy (non-hydrogen) atoms. The maximum Gasteiger partial charge on any atom is 0.306 e. The van der Waals surface area contributed by atoms with E-state index in [9.17, 15) is 9.59 Å². The number of ether oxygens (including phenoxy) is 1. The van der Waals surface area contributed by atoms with Crippen molar-refractivity contribution < 1.29 is 19.4 Å². The lowest BCUT2D eigenvalue weighted by Gasteiger charge is -2.15. The van der Waals surface area contributed by atoms with Crippen molar-refractivity contribution in [2.75, 3.05) is 13.2 Å². The Balaban J connectivity index is 2.45. The molecule has 0 aliphatic heterocycles. The van der Waals surface area contributed by atoms with Crippen LogP contribution >= 0.6 is 0 Å². The van der Waals surface area contributed by atoms with Crippen LogP contribution in [0.3, 0.4) is 0 Å². The van der Waals surface area contributed by atoms with Gasteiger partial charge in [-0.2, -0.15) is 0 Å². The lowest BCUT2D eigenvalue weighted by atomic mass is 9.89. The van der Waals surface area contributed by atoms with Crippen LogP contribution in [0.25, 0.3) is 0 Å². The van der Waals surface area contributed by atoms with E-state index in [0.717, 1.165) is 19.3 Å². The smallest absolute Gasteiger partial charge is 0.306 e. The molecule has 4 heteroatoms. The molecule has 102 valence electrons. The average Bonchev–Trinajstić information content (AvgIpc) is 2.69. The summed E-state index contributed by atoms with van der Waals surface area (Å²) in [4.78, 5) is 23.2. The van der Waals surface area contributed by atoms with Crippen molar-refractivity contribution in [3.8, 4) is 0 Å². The number of carbonyl (C=O) groups excluding carboxylic acids is 2. The average molecular weight is 254 g/mol. The Kier molecular flexibility index (Phi) is 6.65. The van der Waals surface area contributed by atoms with E-state index in [1.54, 1.807) is 0 Å². The fraction of sp³-hybridized carbons (Fsp3) is 0.714. The van der Waals surface area contributed by atoms with Crippen LogP contribution < -0.4 is 0 Å². The summed E-state index contributed by atoms with van der Waals surface area (Å²) >= 11 is 0. The van der Waals surface area contributed by atoms with Crippen molar-refractivity contribution in [1.29, 1.82) is 0 Å². The third-order valence-corrected chi connectivity index (χ3v) is 3.32. The number of allylic oxidation sites excluding steroid dienone is 2. The molecule has 0 heterocycles. The highest BCUT2D eigenvalue weighted by Crippen LogP contribution is 2.34. The van der Waals surface area contributed by atoms with Crippen molar-refractivity contribution in [3.05, 3.63) is 12.2 Å². The van der Waals surface area contributed by atoms with Crippen molar-refractivity contribution in [2.45, 2.75) is 39.0 Å². The molecule has 1 rings (SSSR count). The Bertz CT molecular complexity index is 309. The van der Waals surface area contributed by atoms with Gasteiger partial charge in [0.2, 0.25) is 0 Å². The standard InChI is InChI=1S/C14H22O4/c1-2-3-4-5-12-11(6-7-13(12)16)10-14(17)18-9-8-15/h3-4,11-12,15H,2,5-10H2,1H3/b4-3+. The third kappa shape index (κ3) is 4.61. The van der Waals surface area contributed by atoms with Gasteiger partial charge in [0.1, 0.15) is 12.4 Å². The van der Waals surface area contributed by atoms with Gasteiger partial charge in [-0.25, -0.2) is 0 Å². The van der Waals surface area contributed by atoms with E-state index < -0.39 is 0 Å². The summed E-state index contributed by atoms with van der Waals surface area (Å²) in [5.41, 5.74) is 0. The van der Waals surface area contributed by atoms with Crippen LogP contribution in [0.2, 0.25) is 0 Å². The van der Waals surface area contributed by atoms with E-state index in [1.807, 2.05) is 12.2 Å². The zero-order valence-corrected chi connectivity index (χ0v) is 10.9. The summed E-state index contributed by atoms with van der Waals surface area (Å²) in [6.07, 6.45) is 7.40. The van der Waals surface area contributed by atoms with Gasteiger partial charge < -0.3 is 9.84 Å². The highest BCUT2D eigenvalue weighted by Gasteiger charge is 2.35. The molecular weight excluding hydrogens is 232 g/mol. The number of Topliss-reactive ketones (excluding diaryl/α,β-unsaturated/α-hetero) is 1. The van der Waals surface area contributed by atoms with Gasteiger partial charge in [-0.15, -0.1) is 0 Å². The van der Waals surface area contributed by atoms with Gasteiger partial charge in [0.05, 0.1) is 6.61 Å². The molecule has 2 atom stereocenters. The fourth-order valence-electron chi connectivity index (χ4n) is 2.39. The van der Waals surface area contributed by atoms with E-state index >= 15 is 0 Å². The van der Waals surface area contributed by atoms with Crippen LogP contribution in [-0.4, -0.2) is 30.1 Å². The molecule has 0 bridgehead atoms. The number of aliphatic hydroxyl groups is 1. The molecule has 0 spiro atoms. The Morgan fingerprint density at radius 3 is 2.94 bits per heavy atom. The lowest BCUT2D eigenvalue weighted by Crippen LogP contribution is -2.19. The Morgan fingerprint density at radius 1 is 1.50 bits per heavy atom. The zero-order chi connectivity index (χ0) is 13.4. The summed E-state index contributed by atoms with van der Waals surface area (Å²) in [7, 11) is 0. The molecule has 1 N–H and O–H groups in total. The molecule has 0 saturated heterocycles. The predicted octanol–water partition coefficient (Wildman–Crippen LogP) is 1.86. The van der Waals surface area contributed by atoms with Gasteiger partial charge in [-0.1, -0.05) is 19.1 Å². The first-order chi connectivity index (χ1) is 8.69.